The summed E-state index contributed by atoms with van der Waals surface area (Å²) in [4.78, 5) is 35.7. The fourth-order valence-corrected chi connectivity index (χ4v) is 3.00. The second kappa shape index (κ2) is 13.9. The number of nitrogens with zero attached hydrogens (tertiary/aromatic N) is 1. The molecule has 3 atom stereocenters. The van der Waals surface area contributed by atoms with Crippen molar-refractivity contribution in [3.8, 4) is 0 Å². The molecule has 0 fully saturated rings. The summed E-state index contributed by atoms with van der Waals surface area (Å²) >= 11 is 0. The lowest BCUT2D eigenvalue weighted by molar-refractivity contribution is -0.870. The minimum absolute atomic E-state index is 0.0182. The van der Waals surface area contributed by atoms with Crippen LogP contribution in [0.5, 0.6) is 0 Å². The van der Waals surface area contributed by atoms with Crippen molar-refractivity contribution in [3.63, 3.8) is 0 Å². The summed E-state index contributed by atoms with van der Waals surface area (Å²) in [5.74, 6) is -1.38. The number of quaternary nitrogens is 1. The number of carbonyl (C=O) groups is 2. The van der Waals surface area contributed by atoms with Crippen molar-refractivity contribution >= 4 is 19.8 Å². The van der Waals surface area contributed by atoms with Gasteiger partial charge in [-0.3, -0.25) is 9.36 Å². The minimum Gasteiger partial charge on any atom is -0.756 e. The van der Waals surface area contributed by atoms with Crippen LogP contribution in [0.1, 0.15) is 27.2 Å². The van der Waals surface area contributed by atoms with Crippen molar-refractivity contribution in [2.45, 2.75) is 33.3 Å². The minimum atomic E-state index is -4.62. The number of esters is 2. The highest BCUT2D eigenvalue weighted by Gasteiger charge is 2.23. The van der Waals surface area contributed by atoms with Gasteiger partial charge < -0.3 is 33.2 Å². The Bertz CT molecular complexity index is 606. The van der Waals surface area contributed by atoms with E-state index in [0.717, 1.165) is 0 Å². The number of nitrogens with one attached hydrogen (secondary N) is 1. The Morgan fingerprint density at radius 3 is 2.30 bits per heavy atom. The Morgan fingerprint density at radius 2 is 1.80 bits per heavy atom. The Labute approximate surface area is 179 Å². The monoisotopic (exact) mass is 452 g/mol. The van der Waals surface area contributed by atoms with Crippen molar-refractivity contribution in [2.75, 3.05) is 60.6 Å². The van der Waals surface area contributed by atoms with Crippen LogP contribution in [0.15, 0.2) is 12.2 Å². The first-order valence-corrected chi connectivity index (χ1v) is 11.4. The van der Waals surface area contributed by atoms with Crippen molar-refractivity contribution < 1.29 is 42.1 Å². The van der Waals surface area contributed by atoms with Crippen molar-refractivity contribution in [1.82, 2.24) is 5.32 Å². The molecular weight excluding hydrogens is 415 g/mol. The Balaban J connectivity index is 4.88. The maximum Gasteiger partial charge on any atom is 0.333 e. The van der Waals surface area contributed by atoms with E-state index in [1.165, 1.54) is 6.92 Å². The normalized spacial score (nSPS) is 15.7. The van der Waals surface area contributed by atoms with E-state index in [1.54, 1.807) is 6.92 Å². The van der Waals surface area contributed by atoms with E-state index in [4.69, 9.17) is 18.5 Å². The quantitative estimate of drug-likeness (QED) is 0.157. The summed E-state index contributed by atoms with van der Waals surface area (Å²) in [7, 11) is 1.08. The highest BCUT2D eigenvalue weighted by molar-refractivity contribution is 7.45. The van der Waals surface area contributed by atoms with Crippen LogP contribution < -0.4 is 10.2 Å². The number of rotatable bonds is 16. The highest BCUT2D eigenvalue weighted by atomic mass is 31.2. The number of ether oxygens (including phenoxy) is 2. The van der Waals surface area contributed by atoms with E-state index in [1.807, 2.05) is 28.1 Å². The molecule has 3 unspecified atom stereocenters. The van der Waals surface area contributed by atoms with E-state index in [2.05, 4.69) is 11.9 Å². The van der Waals surface area contributed by atoms with E-state index in [0.29, 0.717) is 17.4 Å². The molecule has 0 bridgehead atoms. The molecule has 0 amide bonds. The van der Waals surface area contributed by atoms with Gasteiger partial charge in [-0.15, -0.1) is 0 Å². The molecule has 0 rings (SSSR count). The van der Waals surface area contributed by atoms with Gasteiger partial charge in [-0.2, -0.15) is 0 Å². The third kappa shape index (κ3) is 13.8. The molecule has 0 aliphatic carbocycles. The topological polar surface area (TPSA) is 123 Å². The van der Waals surface area contributed by atoms with E-state index >= 15 is 0 Å². The van der Waals surface area contributed by atoms with Gasteiger partial charge in [0.1, 0.15) is 25.9 Å². The van der Waals surface area contributed by atoms with Crippen molar-refractivity contribution in [2.24, 2.45) is 5.92 Å². The lowest BCUT2D eigenvalue weighted by atomic mass is 10.1. The molecule has 0 aliphatic rings. The molecule has 0 aromatic carbocycles. The lowest BCUT2D eigenvalue weighted by Gasteiger charge is -2.30. The molecule has 0 aliphatic heterocycles. The molecule has 0 spiro atoms. The third-order valence-electron chi connectivity index (χ3n) is 3.91. The first-order valence-electron chi connectivity index (χ1n) is 9.95. The molecule has 11 heteroatoms. The predicted molar refractivity (Wildman–Crippen MR) is 110 cm³/mol. The van der Waals surface area contributed by atoms with Crippen LogP contribution in [-0.2, 0) is 32.7 Å². The second-order valence-corrected chi connectivity index (χ2v) is 9.28. The van der Waals surface area contributed by atoms with E-state index in [9.17, 15) is 19.0 Å². The van der Waals surface area contributed by atoms with Crippen LogP contribution in [-0.4, -0.2) is 83.1 Å². The molecule has 0 aromatic rings. The van der Waals surface area contributed by atoms with E-state index < -0.39 is 19.9 Å². The zero-order valence-electron chi connectivity index (χ0n) is 19.0. The molecule has 176 valence electrons. The SMILES string of the molecule is C=C(C)C(=O)OCC(CNCC(CC)C(=O)OCC)OP(=O)([O-])OCC[N+](C)(C)C. The lowest BCUT2D eigenvalue weighted by Crippen LogP contribution is -2.39. The third-order valence-corrected chi connectivity index (χ3v) is 4.97. The summed E-state index contributed by atoms with van der Waals surface area (Å²) in [6.07, 6.45) is -0.476. The zero-order chi connectivity index (χ0) is 23.4. The molecule has 0 heterocycles. The summed E-state index contributed by atoms with van der Waals surface area (Å²) in [5, 5.41) is 2.97. The van der Waals surface area contributed by atoms with Crippen LogP contribution in [0.3, 0.4) is 0 Å². The van der Waals surface area contributed by atoms with Gasteiger partial charge in [-0.05, 0) is 20.3 Å². The van der Waals surface area contributed by atoms with E-state index in [-0.39, 0.29) is 50.4 Å². The van der Waals surface area contributed by atoms with Gasteiger partial charge in [0.25, 0.3) is 7.82 Å². The van der Waals surface area contributed by atoms with Gasteiger partial charge in [0.15, 0.2) is 0 Å². The molecule has 0 radical (unpaired) electrons. The fourth-order valence-electron chi connectivity index (χ4n) is 2.13. The molecule has 0 saturated heterocycles. The molecule has 0 aromatic heterocycles. The van der Waals surface area contributed by atoms with Crippen LogP contribution in [0.25, 0.3) is 0 Å². The number of likely N-dealkylation sites (N-methyl/N-ethyl adjacent to an activating group) is 1. The molecular formula is C19H37N2O8P. The summed E-state index contributed by atoms with van der Waals surface area (Å²) in [6.45, 7) is 9.18. The summed E-state index contributed by atoms with van der Waals surface area (Å²) < 4.78 is 32.7. The highest BCUT2D eigenvalue weighted by Crippen LogP contribution is 2.39. The van der Waals surface area contributed by atoms with Gasteiger partial charge in [0.2, 0.25) is 0 Å². The smallest absolute Gasteiger partial charge is 0.333 e. The molecule has 0 saturated carbocycles. The van der Waals surface area contributed by atoms with Crippen LogP contribution in [0.4, 0.5) is 0 Å². The standard InChI is InChI=1S/C19H37N2O8P/c1-8-16(19(23)26-9-2)12-20-13-17(14-27-18(22)15(3)4)29-30(24,25)28-11-10-21(5,6)7/h16-17,20H,3,8-14H2,1-2,4-7H3. The van der Waals surface area contributed by atoms with Crippen LogP contribution in [0, 0.1) is 5.92 Å². The number of hydrogen-bond donors (Lipinski definition) is 1. The van der Waals surface area contributed by atoms with Gasteiger partial charge in [0, 0.05) is 18.7 Å². The summed E-state index contributed by atoms with van der Waals surface area (Å²) in [5.41, 5.74) is 0.180. The van der Waals surface area contributed by atoms with Crippen molar-refractivity contribution in [3.05, 3.63) is 12.2 Å². The van der Waals surface area contributed by atoms with Crippen LogP contribution in [0.2, 0.25) is 0 Å². The number of phosphoric ester groups is 1. The molecule has 10 nitrogen and oxygen atoms in total. The van der Waals surface area contributed by atoms with Crippen molar-refractivity contribution in [1.29, 1.82) is 0 Å². The van der Waals surface area contributed by atoms with Gasteiger partial charge in [-0.25, -0.2) is 4.79 Å². The first kappa shape index (κ1) is 28.7. The second-order valence-electron chi connectivity index (χ2n) is 7.92. The fraction of sp³-hybridized carbons (Fsp3) is 0.789. The van der Waals surface area contributed by atoms with Gasteiger partial charge in [-0.1, -0.05) is 13.5 Å². The van der Waals surface area contributed by atoms with Gasteiger partial charge >= 0.3 is 11.9 Å². The average molecular weight is 452 g/mol. The van der Waals surface area contributed by atoms with Crippen LogP contribution >= 0.6 is 7.82 Å². The maximum atomic E-state index is 12.2. The molecule has 30 heavy (non-hydrogen) atoms. The Hall–Kier alpha value is -1.29. The predicted octanol–water partition coefficient (Wildman–Crippen LogP) is 0.861. The molecule has 1 N–H and O–H groups in total. The number of phosphoric acid groups is 1. The Morgan fingerprint density at radius 1 is 1.17 bits per heavy atom. The number of carbonyl (C=O) groups excluding carboxylic acids is 2. The maximum absolute atomic E-state index is 12.2. The largest absolute Gasteiger partial charge is 0.756 e. The zero-order valence-corrected chi connectivity index (χ0v) is 19.9. The van der Waals surface area contributed by atoms with Gasteiger partial charge in [0.05, 0.1) is 33.7 Å². The Kier molecular flexibility index (Phi) is 13.3. The summed E-state index contributed by atoms with van der Waals surface area (Å²) in [6, 6.07) is 0. The average Bonchev–Trinajstić information content (AvgIpc) is 2.61. The first-order chi connectivity index (χ1) is 13.8. The number of hydrogen-bond acceptors (Lipinski definition) is 9.